The minimum atomic E-state index is -0.876. The first-order valence-corrected chi connectivity index (χ1v) is 7.86. The number of allylic oxidation sites excluding steroid dienone is 1. The Kier molecular flexibility index (Phi) is 3.02. The molecule has 0 aromatic rings. The largest absolute Gasteiger partial charge is 0.463 e. The second-order valence-corrected chi connectivity index (χ2v) is 7.26. The molecular formula is C16H22O6. The van der Waals surface area contributed by atoms with Crippen molar-refractivity contribution in [2.24, 2.45) is 11.3 Å². The maximum atomic E-state index is 12.0. The number of aliphatic hydroxyl groups excluding tert-OH is 1. The SMILES string of the molecule is C=C1CC[C@@]23[C@@H]1CC(=O)OC[C@@H](O)[C@H]2O[C@@H]1OC(C)(C)O[C@@H]13. The van der Waals surface area contributed by atoms with Crippen LogP contribution in [-0.4, -0.2) is 48.1 Å². The van der Waals surface area contributed by atoms with Crippen LogP contribution in [-0.2, 0) is 23.7 Å². The van der Waals surface area contributed by atoms with Crippen LogP contribution in [0.25, 0.3) is 0 Å². The van der Waals surface area contributed by atoms with Crippen LogP contribution in [0.1, 0.15) is 33.1 Å². The van der Waals surface area contributed by atoms with Crippen molar-refractivity contribution in [2.45, 2.75) is 63.5 Å². The van der Waals surface area contributed by atoms with E-state index in [9.17, 15) is 9.90 Å². The highest BCUT2D eigenvalue weighted by Gasteiger charge is 2.69. The quantitative estimate of drug-likeness (QED) is 0.534. The zero-order valence-corrected chi connectivity index (χ0v) is 12.9. The molecule has 6 heteroatoms. The molecule has 1 saturated carbocycles. The van der Waals surface area contributed by atoms with Crippen molar-refractivity contribution in [1.82, 2.24) is 0 Å². The highest BCUT2D eigenvalue weighted by molar-refractivity contribution is 5.71. The van der Waals surface area contributed by atoms with Crippen LogP contribution in [0.4, 0.5) is 0 Å². The van der Waals surface area contributed by atoms with Gasteiger partial charge in [0.25, 0.3) is 0 Å². The fourth-order valence-electron chi connectivity index (χ4n) is 4.69. The molecule has 0 radical (unpaired) electrons. The van der Waals surface area contributed by atoms with Crippen LogP contribution >= 0.6 is 0 Å². The number of carbonyl (C=O) groups excluding carboxylic acids is 1. The molecule has 3 aliphatic heterocycles. The Morgan fingerprint density at radius 3 is 2.82 bits per heavy atom. The minimum absolute atomic E-state index is 0.0483. The Balaban J connectivity index is 1.79. The lowest BCUT2D eigenvalue weighted by Gasteiger charge is -2.42. The third-order valence-electron chi connectivity index (χ3n) is 5.55. The monoisotopic (exact) mass is 310 g/mol. The number of hydrogen-bond donors (Lipinski definition) is 1. The van der Waals surface area contributed by atoms with E-state index in [1.807, 2.05) is 13.8 Å². The fraction of sp³-hybridized carbons (Fsp3) is 0.812. The molecule has 1 aliphatic carbocycles. The first kappa shape index (κ1) is 14.6. The average molecular weight is 310 g/mol. The molecule has 6 atom stereocenters. The zero-order chi connectivity index (χ0) is 15.7. The molecule has 0 amide bonds. The summed E-state index contributed by atoms with van der Waals surface area (Å²) in [6.45, 7) is 7.79. The van der Waals surface area contributed by atoms with Gasteiger partial charge in [-0.05, 0) is 26.7 Å². The van der Waals surface area contributed by atoms with E-state index in [1.165, 1.54) is 0 Å². The van der Waals surface area contributed by atoms with Crippen molar-refractivity contribution < 1.29 is 28.8 Å². The number of carbonyl (C=O) groups is 1. The van der Waals surface area contributed by atoms with E-state index in [2.05, 4.69) is 6.58 Å². The van der Waals surface area contributed by atoms with Gasteiger partial charge in [-0.25, -0.2) is 0 Å². The van der Waals surface area contributed by atoms with E-state index in [-0.39, 0.29) is 31.0 Å². The standard InChI is InChI=1S/C16H22O6/c1-8-4-5-16-9(8)6-11(18)19-7-10(17)12(16)20-14-13(16)21-15(2,3)22-14/h9-10,12-14,17H,1,4-7H2,2-3H3/t9-,10-,12-,13+,14-,16-/m1/s1. The summed E-state index contributed by atoms with van der Waals surface area (Å²) in [6.07, 6.45) is -0.301. The highest BCUT2D eigenvalue weighted by Crippen LogP contribution is 2.62. The van der Waals surface area contributed by atoms with Crippen molar-refractivity contribution in [3.8, 4) is 0 Å². The van der Waals surface area contributed by atoms with Gasteiger partial charge in [-0.3, -0.25) is 4.79 Å². The van der Waals surface area contributed by atoms with Crippen molar-refractivity contribution in [3.05, 3.63) is 12.2 Å². The van der Waals surface area contributed by atoms with E-state index in [1.54, 1.807) is 0 Å². The average Bonchev–Trinajstić information content (AvgIpc) is 3.00. The molecule has 0 aromatic heterocycles. The topological polar surface area (TPSA) is 74.2 Å². The Hall–Kier alpha value is -0.950. The summed E-state index contributed by atoms with van der Waals surface area (Å²) in [5.74, 6) is -1.13. The third kappa shape index (κ3) is 1.84. The lowest BCUT2D eigenvalue weighted by atomic mass is 9.67. The normalized spacial score (nSPS) is 49.9. The van der Waals surface area contributed by atoms with Crippen LogP contribution in [0.2, 0.25) is 0 Å². The smallest absolute Gasteiger partial charge is 0.306 e. The van der Waals surface area contributed by atoms with Crippen molar-refractivity contribution in [1.29, 1.82) is 0 Å². The second-order valence-electron chi connectivity index (χ2n) is 7.26. The molecule has 3 heterocycles. The van der Waals surface area contributed by atoms with Gasteiger partial charge in [-0.2, -0.15) is 0 Å². The van der Waals surface area contributed by atoms with Gasteiger partial charge in [0.1, 0.15) is 18.8 Å². The van der Waals surface area contributed by atoms with E-state index in [4.69, 9.17) is 18.9 Å². The molecule has 4 fully saturated rings. The summed E-state index contributed by atoms with van der Waals surface area (Å²) in [5.41, 5.74) is 0.544. The second kappa shape index (κ2) is 4.54. The maximum Gasteiger partial charge on any atom is 0.306 e. The third-order valence-corrected chi connectivity index (χ3v) is 5.55. The van der Waals surface area contributed by atoms with Crippen molar-refractivity contribution in [2.75, 3.05) is 6.61 Å². The number of ether oxygens (including phenoxy) is 4. The Morgan fingerprint density at radius 1 is 1.27 bits per heavy atom. The zero-order valence-electron chi connectivity index (χ0n) is 12.9. The first-order valence-electron chi connectivity index (χ1n) is 7.86. The minimum Gasteiger partial charge on any atom is -0.463 e. The molecule has 122 valence electrons. The number of fused-ring (bicyclic) bond motifs is 1. The summed E-state index contributed by atoms with van der Waals surface area (Å²) >= 11 is 0. The van der Waals surface area contributed by atoms with Gasteiger partial charge in [0, 0.05) is 11.3 Å². The summed E-state index contributed by atoms with van der Waals surface area (Å²) < 4.78 is 23.1. The summed E-state index contributed by atoms with van der Waals surface area (Å²) in [5, 5.41) is 10.5. The molecule has 1 N–H and O–H groups in total. The van der Waals surface area contributed by atoms with Crippen LogP contribution in [0.5, 0.6) is 0 Å². The van der Waals surface area contributed by atoms with Gasteiger partial charge in [-0.1, -0.05) is 12.2 Å². The lowest BCUT2D eigenvalue weighted by Crippen LogP contribution is -2.52. The molecule has 0 aromatic carbocycles. The molecule has 1 spiro atoms. The van der Waals surface area contributed by atoms with E-state index in [0.717, 1.165) is 18.4 Å². The molecule has 3 saturated heterocycles. The Bertz CT molecular complexity index is 529. The molecule has 4 rings (SSSR count). The fourth-order valence-corrected chi connectivity index (χ4v) is 4.69. The van der Waals surface area contributed by atoms with E-state index in [0.29, 0.717) is 0 Å². The summed E-state index contributed by atoms with van der Waals surface area (Å²) in [4.78, 5) is 12.0. The van der Waals surface area contributed by atoms with Gasteiger partial charge in [0.15, 0.2) is 12.1 Å². The Labute approximate surface area is 129 Å². The van der Waals surface area contributed by atoms with Crippen LogP contribution in [0.3, 0.4) is 0 Å². The van der Waals surface area contributed by atoms with E-state index >= 15 is 0 Å². The van der Waals surface area contributed by atoms with Gasteiger partial charge in [0.05, 0.1) is 12.5 Å². The van der Waals surface area contributed by atoms with Crippen molar-refractivity contribution in [3.63, 3.8) is 0 Å². The molecule has 4 aliphatic rings. The predicted octanol–water partition coefficient (Wildman–Crippen LogP) is 1.12. The van der Waals surface area contributed by atoms with Crippen LogP contribution < -0.4 is 0 Å². The number of hydrogen-bond acceptors (Lipinski definition) is 6. The first-order chi connectivity index (χ1) is 10.3. The van der Waals surface area contributed by atoms with Crippen LogP contribution in [0.15, 0.2) is 12.2 Å². The maximum absolute atomic E-state index is 12.0. The van der Waals surface area contributed by atoms with Gasteiger partial charge in [-0.15, -0.1) is 0 Å². The Morgan fingerprint density at radius 2 is 2.05 bits per heavy atom. The van der Waals surface area contributed by atoms with Gasteiger partial charge >= 0.3 is 5.97 Å². The molecule has 22 heavy (non-hydrogen) atoms. The summed E-state index contributed by atoms with van der Waals surface area (Å²) in [6, 6.07) is 0. The van der Waals surface area contributed by atoms with Crippen molar-refractivity contribution >= 4 is 5.97 Å². The van der Waals surface area contributed by atoms with E-state index < -0.39 is 29.7 Å². The number of aliphatic hydroxyl groups is 1. The number of rotatable bonds is 0. The molecular weight excluding hydrogens is 288 g/mol. The molecule has 0 bridgehead atoms. The predicted molar refractivity (Wildman–Crippen MR) is 74.6 cm³/mol. The molecule has 0 unspecified atom stereocenters. The number of esters is 1. The molecule has 6 nitrogen and oxygen atoms in total. The number of cyclic esters (lactones) is 1. The van der Waals surface area contributed by atoms with Gasteiger partial charge < -0.3 is 24.1 Å². The van der Waals surface area contributed by atoms with Crippen LogP contribution in [0, 0.1) is 11.3 Å². The van der Waals surface area contributed by atoms with Gasteiger partial charge in [0.2, 0.25) is 0 Å². The summed E-state index contributed by atoms with van der Waals surface area (Å²) in [7, 11) is 0. The lowest BCUT2D eigenvalue weighted by molar-refractivity contribution is -0.239. The highest BCUT2D eigenvalue weighted by atomic mass is 16.8.